The smallest absolute Gasteiger partial charge is 0.336 e. The van der Waals surface area contributed by atoms with Gasteiger partial charge in [0.1, 0.15) is 5.75 Å². The fraction of sp³-hybridized carbons (Fsp3) is 0.217. The average molecular weight is 451 g/mol. The molecule has 0 saturated heterocycles. The minimum Gasteiger partial charge on any atom is -0.496 e. The van der Waals surface area contributed by atoms with E-state index in [1.165, 1.54) is 0 Å². The van der Waals surface area contributed by atoms with Gasteiger partial charge in [0.15, 0.2) is 5.82 Å². The second-order valence-corrected chi connectivity index (χ2v) is 7.99. The Morgan fingerprint density at radius 1 is 1.25 bits per heavy atom. The van der Waals surface area contributed by atoms with E-state index in [9.17, 15) is 9.90 Å². The molecule has 8 nitrogen and oxygen atoms in total. The molecule has 1 aliphatic rings. The Bertz CT molecular complexity index is 1340. The maximum atomic E-state index is 12.1. The summed E-state index contributed by atoms with van der Waals surface area (Å²) < 4.78 is 10.8. The Balaban J connectivity index is 1.43. The first-order valence-electron chi connectivity index (χ1n) is 10.1. The lowest BCUT2D eigenvalue weighted by Gasteiger charge is -2.28. The van der Waals surface area contributed by atoms with Gasteiger partial charge in [0.2, 0.25) is 0 Å². The summed E-state index contributed by atoms with van der Waals surface area (Å²) in [5.74, 6) is 0.448. The van der Waals surface area contributed by atoms with E-state index < -0.39 is 5.97 Å². The Hall–Kier alpha value is -3.49. The summed E-state index contributed by atoms with van der Waals surface area (Å²) in [6.07, 6.45) is 0.646. The molecule has 0 fully saturated rings. The lowest BCUT2D eigenvalue weighted by Crippen LogP contribution is -2.32. The van der Waals surface area contributed by atoms with Crippen molar-refractivity contribution in [3.8, 4) is 17.2 Å². The molecule has 0 spiro atoms. The zero-order chi connectivity index (χ0) is 22.2. The second-order valence-electron chi connectivity index (χ2n) is 7.56. The molecular weight excluding hydrogens is 432 g/mol. The van der Waals surface area contributed by atoms with Crippen LogP contribution in [0.3, 0.4) is 0 Å². The van der Waals surface area contributed by atoms with E-state index in [4.69, 9.17) is 25.8 Å². The Labute approximate surface area is 188 Å². The number of aromatic nitrogens is 3. The SMILES string of the molecule is COc1ccc(Cl)cc1-c1nc(CN2CCc3nc4ccccc4c(C(=O)O)c3C2)no1. The highest BCUT2D eigenvalue weighted by Crippen LogP contribution is 2.32. The number of rotatable bonds is 5. The zero-order valence-corrected chi connectivity index (χ0v) is 18.0. The van der Waals surface area contributed by atoms with Gasteiger partial charge in [-0.1, -0.05) is 35.0 Å². The zero-order valence-electron chi connectivity index (χ0n) is 17.2. The van der Waals surface area contributed by atoms with E-state index in [1.54, 1.807) is 31.4 Å². The van der Waals surface area contributed by atoms with Crippen molar-refractivity contribution in [2.75, 3.05) is 13.7 Å². The van der Waals surface area contributed by atoms with Crippen LogP contribution >= 0.6 is 11.6 Å². The van der Waals surface area contributed by atoms with Crippen LogP contribution in [0.25, 0.3) is 22.4 Å². The highest BCUT2D eigenvalue weighted by atomic mass is 35.5. The number of hydrogen-bond donors (Lipinski definition) is 1. The molecule has 1 N–H and O–H groups in total. The Kier molecular flexibility index (Phi) is 5.24. The first-order chi connectivity index (χ1) is 15.5. The van der Waals surface area contributed by atoms with E-state index in [1.807, 2.05) is 18.2 Å². The number of carbonyl (C=O) groups is 1. The molecule has 0 atom stereocenters. The van der Waals surface area contributed by atoms with Crippen molar-refractivity contribution in [1.29, 1.82) is 0 Å². The van der Waals surface area contributed by atoms with Crippen molar-refractivity contribution in [2.24, 2.45) is 0 Å². The van der Waals surface area contributed by atoms with Crippen molar-refractivity contribution in [2.45, 2.75) is 19.5 Å². The third-order valence-electron chi connectivity index (χ3n) is 5.56. The first-order valence-corrected chi connectivity index (χ1v) is 10.4. The quantitative estimate of drug-likeness (QED) is 0.482. The van der Waals surface area contributed by atoms with Crippen LogP contribution in [0.1, 0.15) is 27.4 Å². The molecule has 32 heavy (non-hydrogen) atoms. The van der Waals surface area contributed by atoms with Crippen molar-refractivity contribution in [3.63, 3.8) is 0 Å². The van der Waals surface area contributed by atoms with Crippen molar-refractivity contribution in [3.05, 3.63) is 70.1 Å². The number of hydrogen-bond acceptors (Lipinski definition) is 7. The highest BCUT2D eigenvalue weighted by Gasteiger charge is 2.26. The Morgan fingerprint density at radius 2 is 2.09 bits per heavy atom. The molecule has 1 aliphatic heterocycles. The monoisotopic (exact) mass is 450 g/mol. The van der Waals surface area contributed by atoms with Crippen LogP contribution in [0.4, 0.5) is 0 Å². The van der Waals surface area contributed by atoms with Gasteiger partial charge in [0, 0.05) is 41.2 Å². The number of para-hydroxylation sites is 1. The average Bonchev–Trinajstić information content (AvgIpc) is 3.25. The second kappa shape index (κ2) is 8.22. The van der Waals surface area contributed by atoms with Gasteiger partial charge < -0.3 is 14.4 Å². The molecule has 0 unspecified atom stereocenters. The molecule has 0 radical (unpaired) electrons. The van der Waals surface area contributed by atoms with Crippen LogP contribution in [0.5, 0.6) is 5.75 Å². The molecule has 0 bridgehead atoms. The van der Waals surface area contributed by atoms with E-state index in [-0.39, 0.29) is 0 Å². The standard InChI is InChI=1S/C23H19ClN4O4/c1-31-19-7-6-13(24)10-15(19)22-26-20(27-32-22)12-28-9-8-18-16(11-28)21(23(29)30)14-4-2-3-5-17(14)25-18/h2-7,10H,8-9,11-12H2,1H3,(H,29,30). The van der Waals surface area contributed by atoms with Crippen LogP contribution in [-0.2, 0) is 19.5 Å². The van der Waals surface area contributed by atoms with E-state index >= 15 is 0 Å². The number of fused-ring (bicyclic) bond motifs is 2. The van der Waals surface area contributed by atoms with Crippen LogP contribution in [-0.4, -0.2) is 44.8 Å². The Morgan fingerprint density at radius 3 is 2.91 bits per heavy atom. The number of pyridine rings is 1. The molecule has 0 amide bonds. The molecule has 2 aromatic carbocycles. The van der Waals surface area contributed by atoms with Gasteiger partial charge in [-0.25, -0.2) is 4.79 Å². The van der Waals surface area contributed by atoms with E-state index in [2.05, 4.69) is 15.0 Å². The molecule has 3 heterocycles. The molecule has 4 aromatic rings. The molecule has 5 rings (SSSR count). The predicted octanol–water partition coefficient (Wildman–Crippen LogP) is 4.20. The number of aromatic carboxylic acids is 1. The van der Waals surface area contributed by atoms with E-state index in [0.29, 0.717) is 70.6 Å². The van der Waals surface area contributed by atoms with Crippen molar-refractivity contribution < 1.29 is 19.2 Å². The van der Waals surface area contributed by atoms with Crippen LogP contribution in [0.15, 0.2) is 47.0 Å². The van der Waals surface area contributed by atoms with Gasteiger partial charge in [0.05, 0.1) is 30.3 Å². The number of nitrogens with zero attached hydrogens (tertiary/aromatic N) is 4. The van der Waals surface area contributed by atoms with Crippen LogP contribution in [0.2, 0.25) is 5.02 Å². The molecule has 9 heteroatoms. The summed E-state index contributed by atoms with van der Waals surface area (Å²) in [6.45, 7) is 1.57. The van der Waals surface area contributed by atoms with Gasteiger partial charge in [-0.3, -0.25) is 9.88 Å². The fourth-order valence-electron chi connectivity index (χ4n) is 4.10. The normalized spacial score (nSPS) is 13.8. The summed E-state index contributed by atoms with van der Waals surface area (Å²) >= 11 is 6.11. The molecule has 162 valence electrons. The van der Waals surface area contributed by atoms with Crippen molar-refractivity contribution >= 4 is 28.5 Å². The van der Waals surface area contributed by atoms with Crippen molar-refractivity contribution in [1.82, 2.24) is 20.0 Å². The minimum atomic E-state index is -0.948. The summed E-state index contributed by atoms with van der Waals surface area (Å²) in [5.41, 5.74) is 3.20. The third-order valence-corrected chi connectivity index (χ3v) is 5.80. The molecule has 0 aliphatic carbocycles. The number of halogens is 1. The molecular formula is C23H19ClN4O4. The number of benzene rings is 2. The minimum absolute atomic E-state index is 0.313. The lowest BCUT2D eigenvalue weighted by molar-refractivity contribution is 0.0695. The number of ether oxygens (including phenoxy) is 1. The number of methoxy groups -OCH3 is 1. The van der Waals surface area contributed by atoms with Crippen LogP contribution in [0, 0.1) is 0 Å². The van der Waals surface area contributed by atoms with E-state index in [0.717, 1.165) is 11.3 Å². The summed E-state index contributed by atoms with van der Waals surface area (Å²) in [6, 6.07) is 12.5. The fourth-order valence-corrected chi connectivity index (χ4v) is 4.27. The molecule has 2 aromatic heterocycles. The molecule has 0 saturated carbocycles. The predicted molar refractivity (Wildman–Crippen MR) is 118 cm³/mol. The van der Waals surface area contributed by atoms with Gasteiger partial charge in [-0.05, 0) is 24.3 Å². The largest absolute Gasteiger partial charge is 0.496 e. The van der Waals surface area contributed by atoms with Crippen LogP contribution < -0.4 is 4.74 Å². The maximum Gasteiger partial charge on any atom is 0.336 e. The van der Waals surface area contributed by atoms with Gasteiger partial charge in [-0.2, -0.15) is 4.98 Å². The number of carboxylic acid groups (broad SMARTS) is 1. The third kappa shape index (κ3) is 3.68. The number of carboxylic acids is 1. The van der Waals surface area contributed by atoms with Gasteiger partial charge >= 0.3 is 5.97 Å². The summed E-state index contributed by atoms with van der Waals surface area (Å²) in [5, 5.41) is 15.2. The highest BCUT2D eigenvalue weighted by molar-refractivity contribution is 6.30. The summed E-state index contributed by atoms with van der Waals surface area (Å²) in [4.78, 5) is 23.4. The van der Waals surface area contributed by atoms with Gasteiger partial charge in [0.25, 0.3) is 5.89 Å². The first kappa shape index (κ1) is 20.4. The summed E-state index contributed by atoms with van der Waals surface area (Å²) in [7, 11) is 1.56. The topological polar surface area (TPSA) is 102 Å². The van der Waals surface area contributed by atoms with Gasteiger partial charge in [-0.15, -0.1) is 0 Å². The lowest BCUT2D eigenvalue weighted by atomic mass is 9.96. The maximum absolute atomic E-state index is 12.1.